The smallest absolute Gasteiger partial charge is 0.123 e. The summed E-state index contributed by atoms with van der Waals surface area (Å²) in [4.78, 5) is 2.56. The molecule has 1 aliphatic heterocycles. The minimum Gasteiger partial charge on any atom is -0.496 e. The first-order valence-corrected chi connectivity index (χ1v) is 6.23. The Labute approximate surface area is 98.2 Å². The molecule has 1 saturated heterocycles. The topological polar surface area (TPSA) is 12.5 Å². The highest BCUT2D eigenvalue weighted by Gasteiger charge is 2.24. The highest BCUT2D eigenvalue weighted by Crippen LogP contribution is 2.35. The van der Waals surface area contributed by atoms with Gasteiger partial charge in [0.25, 0.3) is 0 Å². The molecule has 0 radical (unpaired) electrons. The van der Waals surface area contributed by atoms with Gasteiger partial charge in [-0.1, -0.05) is 31.5 Å². The molecule has 1 heterocycles. The van der Waals surface area contributed by atoms with Crippen molar-refractivity contribution in [2.24, 2.45) is 0 Å². The summed E-state index contributed by atoms with van der Waals surface area (Å²) in [6.45, 7) is 4.59. The van der Waals surface area contributed by atoms with Crippen molar-refractivity contribution in [2.45, 2.75) is 32.2 Å². The Morgan fingerprint density at radius 3 is 2.88 bits per heavy atom. The van der Waals surface area contributed by atoms with Crippen LogP contribution in [0.25, 0.3) is 0 Å². The summed E-state index contributed by atoms with van der Waals surface area (Å²) in [5.41, 5.74) is 1.35. The molecule has 1 atom stereocenters. The van der Waals surface area contributed by atoms with Gasteiger partial charge in [0, 0.05) is 11.6 Å². The second-order valence-corrected chi connectivity index (χ2v) is 4.38. The summed E-state index contributed by atoms with van der Waals surface area (Å²) in [5, 5.41) is 0. The van der Waals surface area contributed by atoms with E-state index in [0.29, 0.717) is 6.04 Å². The molecule has 0 N–H and O–H groups in total. The van der Waals surface area contributed by atoms with Crippen LogP contribution < -0.4 is 4.74 Å². The maximum Gasteiger partial charge on any atom is 0.123 e. The number of hydrogen-bond acceptors (Lipinski definition) is 2. The van der Waals surface area contributed by atoms with Crippen molar-refractivity contribution in [3.05, 3.63) is 29.8 Å². The average molecular weight is 219 g/mol. The third kappa shape index (κ3) is 2.22. The van der Waals surface area contributed by atoms with Crippen molar-refractivity contribution >= 4 is 0 Å². The number of rotatable bonds is 3. The molecule has 16 heavy (non-hydrogen) atoms. The predicted molar refractivity (Wildman–Crippen MR) is 66.8 cm³/mol. The van der Waals surface area contributed by atoms with Gasteiger partial charge in [-0.3, -0.25) is 4.90 Å². The van der Waals surface area contributed by atoms with Crippen LogP contribution in [0.2, 0.25) is 0 Å². The average Bonchev–Trinajstić information content (AvgIpc) is 2.38. The Bertz CT molecular complexity index is 337. The molecule has 0 amide bonds. The molecule has 0 aromatic heterocycles. The largest absolute Gasteiger partial charge is 0.496 e. The zero-order chi connectivity index (χ0) is 11.4. The molecule has 0 saturated carbocycles. The van der Waals surface area contributed by atoms with E-state index in [1.54, 1.807) is 7.11 Å². The Balaban J connectivity index is 2.26. The van der Waals surface area contributed by atoms with E-state index < -0.39 is 0 Å². The Hall–Kier alpha value is -1.02. The van der Waals surface area contributed by atoms with Gasteiger partial charge in [0.15, 0.2) is 0 Å². The normalized spacial score (nSPS) is 22.0. The van der Waals surface area contributed by atoms with E-state index in [4.69, 9.17) is 4.74 Å². The van der Waals surface area contributed by atoms with E-state index in [0.717, 1.165) is 12.3 Å². The van der Waals surface area contributed by atoms with E-state index in [1.165, 1.54) is 31.4 Å². The van der Waals surface area contributed by atoms with Crippen molar-refractivity contribution in [3.8, 4) is 5.75 Å². The second kappa shape index (κ2) is 5.35. The summed E-state index contributed by atoms with van der Waals surface area (Å²) < 4.78 is 5.46. The number of benzene rings is 1. The maximum absolute atomic E-state index is 5.46. The molecule has 2 rings (SSSR count). The molecule has 2 heteroatoms. The number of ether oxygens (including phenoxy) is 1. The molecule has 2 nitrogen and oxygen atoms in total. The van der Waals surface area contributed by atoms with Gasteiger partial charge in [0.1, 0.15) is 5.75 Å². The molecular weight excluding hydrogens is 198 g/mol. The SMILES string of the molecule is CCN1CCCC[C@@H]1c1ccccc1OC. The molecule has 0 spiro atoms. The predicted octanol–water partition coefficient (Wildman–Crippen LogP) is 3.24. The molecule has 1 aliphatic rings. The summed E-state index contributed by atoms with van der Waals surface area (Å²) in [6, 6.07) is 8.98. The van der Waals surface area contributed by atoms with E-state index in [2.05, 4.69) is 30.0 Å². The maximum atomic E-state index is 5.46. The zero-order valence-corrected chi connectivity index (χ0v) is 10.3. The van der Waals surface area contributed by atoms with Gasteiger partial charge in [-0.05, 0) is 32.0 Å². The van der Waals surface area contributed by atoms with Crippen LogP contribution in [0.3, 0.4) is 0 Å². The first-order valence-electron chi connectivity index (χ1n) is 6.23. The van der Waals surface area contributed by atoms with Crippen molar-refractivity contribution in [1.82, 2.24) is 4.90 Å². The van der Waals surface area contributed by atoms with E-state index in [-0.39, 0.29) is 0 Å². The molecule has 1 fully saturated rings. The van der Waals surface area contributed by atoms with E-state index in [1.807, 2.05) is 6.07 Å². The monoisotopic (exact) mass is 219 g/mol. The number of para-hydroxylation sites is 1. The standard InChI is InChI=1S/C14H21NO/c1-3-15-11-7-6-9-13(15)12-8-4-5-10-14(12)16-2/h4-5,8,10,13H,3,6-7,9,11H2,1-2H3/t13-/m1/s1. The molecule has 1 aromatic carbocycles. The van der Waals surface area contributed by atoms with Gasteiger partial charge < -0.3 is 4.74 Å². The first kappa shape index (κ1) is 11.5. The van der Waals surface area contributed by atoms with Crippen molar-refractivity contribution in [3.63, 3.8) is 0 Å². The first-order chi connectivity index (χ1) is 7.86. The fourth-order valence-corrected chi connectivity index (χ4v) is 2.66. The number of nitrogens with zero attached hydrogens (tertiary/aromatic N) is 1. The van der Waals surface area contributed by atoms with Crippen molar-refractivity contribution < 1.29 is 4.74 Å². The van der Waals surface area contributed by atoms with Crippen LogP contribution >= 0.6 is 0 Å². The lowest BCUT2D eigenvalue weighted by Gasteiger charge is -2.35. The van der Waals surface area contributed by atoms with Gasteiger partial charge in [-0.25, -0.2) is 0 Å². The molecule has 1 aromatic rings. The molecular formula is C14H21NO. The number of piperidine rings is 1. The fourth-order valence-electron chi connectivity index (χ4n) is 2.66. The fraction of sp³-hybridized carbons (Fsp3) is 0.571. The Morgan fingerprint density at radius 2 is 2.12 bits per heavy atom. The van der Waals surface area contributed by atoms with Crippen LogP contribution in [-0.4, -0.2) is 25.1 Å². The van der Waals surface area contributed by atoms with Gasteiger partial charge in [0.05, 0.1) is 7.11 Å². The van der Waals surface area contributed by atoms with Gasteiger partial charge in [-0.15, -0.1) is 0 Å². The third-order valence-electron chi connectivity index (χ3n) is 3.52. The lowest BCUT2D eigenvalue weighted by atomic mass is 9.94. The highest BCUT2D eigenvalue weighted by molar-refractivity contribution is 5.36. The van der Waals surface area contributed by atoms with Crippen LogP contribution in [0.4, 0.5) is 0 Å². The Morgan fingerprint density at radius 1 is 1.31 bits per heavy atom. The van der Waals surface area contributed by atoms with E-state index >= 15 is 0 Å². The number of likely N-dealkylation sites (tertiary alicyclic amines) is 1. The summed E-state index contributed by atoms with van der Waals surface area (Å²) >= 11 is 0. The number of hydrogen-bond donors (Lipinski definition) is 0. The van der Waals surface area contributed by atoms with Crippen molar-refractivity contribution in [1.29, 1.82) is 0 Å². The molecule has 0 bridgehead atoms. The van der Waals surface area contributed by atoms with Gasteiger partial charge in [0.2, 0.25) is 0 Å². The lowest BCUT2D eigenvalue weighted by Crippen LogP contribution is -2.33. The van der Waals surface area contributed by atoms with Crippen LogP contribution in [0, 0.1) is 0 Å². The highest BCUT2D eigenvalue weighted by atomic mass is 16.5. The number of methoxy groups -OCH3 is 1. The lowest BCUT2D eigenvalue weighted by molar-refractivity contribution is 0.154. The van der Waals surface area contributed by atoms with Crippen molar-refractivity contribution in [2.75, 3.05) is 20.2 Å². The zero-order valence-electron chi connectivity index (χ0n) is 10.3. The van der Waals surface area contributed by atoms with Gasteiger partial charge >= 0.3 is 0 Å². The van der Waals surface area contributed by atoms with Crippen LogP contribution in [0.1, 0.15) is 37.8 Å². The molecule has 0 unspecified atom stereocenters. The minimum atomic E-state index is 0.551. The Kier molecular flexibility index (Phi) is 3.83. The summed E-state index contributed by atoms with van der Waals surface area (Å²) in [6.07, 6.45) is 3.92. The second-order valence-electron chi connectivity index (χ2n) is 4.38. The molecule has 88 valence electrons. The summed E-state index contributed by atoms with van der Waals surface area (Å²) in [7, 11) is 1.76. The molecule has 0 aliphatic carbocycles. The van der Waals surface area contributed by atoms with Crippen LogP contribution in [-0.2, 0) is 0 Å². The van der Waals surface area contributed by atoms with Crippen LogP contribution in [0.15, 0.2) is 24.3 Å². The van der Waals surface area contributed by atoms with Crippen LogP contribution in [0.5, 0.6) is 5.75 Å². The van der Waals surface area contributed by atoms with E-state index in [9.17, 15) is 0 Å². The minimum absolute atomic E-state index is 0.551. The summed E-state index contributed by atoms with van der Waals surface area (Å²) in [5.74, 6) is 1.04. The van der Waals surface area contributed by atoms with Gasteiger partial charge in [-0.2, -0.15) is 0 Å². The third-order valence-corrected chi connectivity index (χ3v) is 3.52. The quantitative estimate of drug-likeness (QED) is 0.773.